The molecular formula is C26H28N3O2+. The summed E-state index contributed by atoms with van der Waals surface area (Å²) in [5.41, 5.74) is 3.67. The minimum Gasteiger partial charge on any atom is -0.385 e. The fourth-order valence-corrected chi connectivity index (χ4v) is 6.09. The molecule has 2 N–H and O–H groups in total. The highest BCUT2D eigenvalue weighted by molar-refractivity contribution is 6.07. The van der Waals surface area contributed by atoms with E-state index in [9.17, 15) is 9.90 Å². The average Bonchev–Trinajstić information content (AvgIpc) is 3.08. The molecule has 1 fully saturated rings. The Labute approximate surface area is 181 Å². The zero-order valence-electron chi connectivity index (χ0n) is 17.6. The highest BCUT2D eigenvalue weighted by Gasteiger charge is 2.37. The first-order chi connectivity index (χ1) is 15.2. The molecule has 2 bridgehead atoms. The molecule has 1 unspecified atom stereocenters. The summed E-state index contributed by atoms with van der Waals surface area (Å²) >= 11 is 0. The van der Waals surface area contributed by atoms with E-state index >= 15 is 0 Å². The van der Waals surface area contributed by atoms with Gasteiger partial charge in [-0.1, -0.05) is 42.5 Å². The quantitative estimate of drug-likeness (QED) is 0.537. The first kappa shape index (κ1) is 18.8. The molecule has 2 aliphatic rings. The Morgan fingerprint density at radius 2 is 1.65 bits per heavy atom. The first-order valence-corrected chi connectivity index (χ1v) is 11.3. The molecule has 0 aliphatic carbocycles. The number of rotatable bonds is 4. The van der Waals surface area contributed by atoms with Crippen LogP contribution in [0.3, 0.4) is 0 Å². The van der Waals surface area contributed by atoms with Gasteiger partial charge in [0.15, 0.2) is 0 Å². The highest BCUT2D eigenvalue weighted by Crippen LogP contribution is 2.31. The van der Waals surface area contributed by atoms with Gasteiger partial charge in [0, 0.05) is 51.9 Å². The minimum atomic E-state index is -0.411. The fraction of sp³-hybridized carbons (Fsp3) is 0.346. The number of fused-ring (bicyclic) bond motifs is 7. The summed E-state index contributed by atoms with van der Waals surface area (Å²) in [5.74, 6) is 0.929. The molecule has 5 nitrogen and oxygen atoms in total. The van der Waals surface area contributed by atoms with Crippen molar-refractivity contribution >= 4 is 21.8 Å². The van der Waals surface area contributed by atoms with Crippen LogP contribution >= 0.6 is 0 Å². The Bertz CT molecular complexity index is 1270. The van der Waals surface area contributed by atoms with Crippen LogP contribution in [0.15, 0.2) is 71.5 Å². The fourth-order valence-electron chi connectivity index (χ4n) is 6.09. The molecule has 158 valence electrons. The molecule has 0 radical (unpaired) electrons. The Hall–Kier alpha value is -2.89. The van der Waals surface area contributed by atoms with Crippen LogP contribution in [-0.4, -0.2) is 40.0 Å². The van der Waals surface area contributed by atoms with Crippen molar-refractivity contribution in [1.82, 2.24) is 9.13 Å². The van der Waals surface area contributed by atoms with E-state index in [4.69, 9.17) is 0 Å². The maximum Gasteiger partial charge on any atom is 0.250 e. The molecule has 0 saturated carbocycles. The maximum absolute atomic E-state index is 12.3. The van der Waals surface area contributed by atoms with Gasteiger partial charge in [-0.2, -0.15) is 0 Å². The third-order valence-corrected chi connectivity index (χ3v) is 7.27. The third kappa shape index (κ3) is 3.20. The van der Waals surface area contributed by atoms with Crippen LogP contribution in [0.5, 0.6) is 0 Å². The van der Waals surface area contributed by atoms with E-state index < -0.39 is 6.10 Å². The van der Waals surface area contributed by atoms with Crippen molar-refractivity contribution in [3.05, 3.63) is 82.8 Å². The molecule has 2 aliphatic heterocycles. The number of hydrogen-bond donors (Lipinski definition) is 2. The lowest BCUT2D eigenvalue weighted by molar-refractivity contribution is -0.914. The number of quaternary nitrogens is 1. The topological polar surface area (TPSA) is 51.6 Å². The summed E-state index contributed by atoms with van der Waals surface area (Å²) in [6.45, 7) is 4.18. The van der Waals surface area contributed by atoms with Crippen molar-refractivity contribution in [3.8, 4) is 0 Å². The van der Waals surface area contributed by atoms with E-state index in [-0.39, 0.29) is 5.56 Å². The Morgan fingerprint density at radius 3 is 2.39 bits per heavy atom. The summed E-state index contributed by atoms with van der Waals surface area (Å²) in [6.07, 6.45) is 0.752. The van der Waals surface area contributed by atoms with E-state index in [0.29, 0.717) is 18.4 Å². The highest BCUT2D eigenvalue weighted by atomic mass is 16.3. The molecule has 4 aromatic rings. The number of aliphatic hydroxyl groups excluding tert-OH is 1. The summed E-state index contributed by atoms with van der Waals surface area (Å²) in [7, 11) is 0. The second kappa shape index (κ2) is 7.36. The van der Waals surface area contributed by atoms with Gasteiger partial charge in [-0.3, -0.25) is 4.79 Å². The zero-order chi connectivity index (χ0) is 20.9. The van der Waals surface area contributed by atoms with Gasteiger partial charge in [-0.05, 0) is 24.6 Å². The van der Waals surface area contributed by atoms with E-state index in [1.807, 2.05) is 10.6 Å². The van der Waals surface area contributed by atoms with Gasteiger partial charge < -0.3 is 19.1 Å². The molecule has 2 aromatic heterocycles. The monoisotopic (exact) mass is 414 g/mol. The summed E-state index contributed by atoms with van der Waals surface area (Å²) < 4.78 is 4.25. The van der Waals surface area contributed by atoms with Crippen molar-refractivity contribution in [2.24, 2.45) is 5.92 Å². The molecule has 0 spiro atoms. The smallest absolute Gasteiger partial charge is 0.250 e. The van der Waals surface area contributed by atoms with Gasteiger partial charge in [0.1, 0.15) is 12.6 Å². The van der Waals surface area contributed by atoms with Crippen molar-refractivity contribution in [2.45, 2.75) is 31.5 Å². The van der Waals surface area contributed by atoms with E-state index in [1.165, 1.54) is 32.4 Å². The third-order valence-electron chi connectivity index (χ3n) is 7.27. The van der Waals surface area contributed by atoms with Gasteiger partial charge in [-0.15, -0.1) is 0 Å². The first-order valence-electron chi connectivity index (χ1n) is 11.3. The van der Waals surface area contributed by atoms with Crippen LogP contribution in [0.25, 0.3) is 21.8 Å². The number of aliphatic hydroxyl groups is 1. The molecule has 1 saturated heterocycles. The lowest BCUT2D eigenvalue weighted by Crippen LogP contribution is -3.15. The van der Waals surface area contributed by atoms with Gasteiger partial charge in [0.25, 0.3) is 5.56 Å². The molecule has 2 aromatic carbocycles. The lowest BCUT2D eigenvalue weighted by Gasteiger charge is -2.40. The number of nitrogens with one attached hydrogen (secondary N) is 1. The molecule has 31 heavy (non-hydrogen) atoms. The van der Waals surface area contributed by atoms with Crippen molar-refractivity contribution in [1.29, 1.82) is 0 Å². The average molecular weight is 415 g/mol. The second-order valence-electron chi connectivity index (χ2n) is 9.36. The van der Waals surface area contributed by atoms with Crippen LogP contribution in [0, 0.1) is 5.92 Å². The maximum atomic E-state index is 12.3. The number of para-hydroxylation sites is 2. The molecule has 6 rings (SSSR count). The van der Waals surface area contributed by atoms with E-state index in [0.717, 1.165) is 32.6 Å². The van der Waals surface area contributed by atoms with Gasteiger partial charge >= 0.3 is 0 Å². The molecule has 4 heterocycles. The number of piperidine rings is 1. The predicted octanol–water partition coefficient (Wildman–Crippen LogP) is 2.02. The van der Waals surface area contributed by atoms with Crippen molar-refractivity contribution in [3.63, 3.8) is 0 Å². The van der Waals surface area contributed by atoms with Crippen molar-refractivity contribution < 1.29 is 10.0 Å². The number of benzene rings is 2. The lowest BCUT2D eigenvalue weighted by atomic mass is 9.83. The van der Waals surface area contributed by atoms with Gasteiger partial charge in [0.05, 0.1) is 19.6 Å². The van der Waals surface area contributed by atoms with Crippen LogP contribution in [0.2, 0.25) is 0 Å². The summed E-state index contributed by atoms with van der Waals surface area (Å²) in [6, 6.07) is 22.6. The van der Waals surface area contributed by atoms with Gasteiger partial charge in [-0.25, -0.2) is 0 Å². The zero-order valence-corrected chi connectivity index (χ0v) is 17.6. The predicted molar refractivity (Wildman–Crippen MR) is 123 cm³/mol. The Kier molecular flexibility index (Phi) is 4.47. The van der Waals surface area contributed by atoms with Crippen molar-refractivity contribution in [2.75, 3.05) is 19.6 Å². The normalized spacial score (nSPS) is 23.7. The summed E-state index contributed by atoms with van der Waals surface area (Å²) in [4.78, 5) is 13.7. The number of pyridine rings is 1. The van der Waals surface area contributed by atoms with Crippen LogP contribution in [0.4, 0.5) is 0 Å². The Morgan fingerprint density at radius 1 is 0.935 bits per heavy atom. The van der Waals surface area contributed by atoms with Crippen LogP contribution < -0.4 is 10.5 Å². The number of nitrogens with zero attached hydrogens (tertiary/aromatic N) is 2. The Balaban J connectivity index is 1.24. The number of likely N-dealkylation sites (tertiary alicyclic amines) is 1. The molecular weight excluding hydrogens is 386 g/mol. The van der Waals surface area contributed by atoms with E-state index in [2.05, 4.69) is 59.2 Å². The molecule has 4 atom stereocenters. The van der Waals surface area contributed by atoms with Crippen LogP contribution in [0.1, 0.15) is 18.0 Å². The second-order valence-corrected chi connectivity index (χ2v) is 9.36. The van der Waals surface area contributed by atoms with E-state index in [1.54, 1.807) is 6.07 Å². The standard InChI is InChI=1S/C26H27N3O2/c30-20(17-28-24-8-3-1-6-21(24)22-7-2-4-9-25(22)28)16-27-13-18-12-19(15-27)23-10-5-11-26(31)29(23)14-18/h1-11,18-20,30H,12-17H2/p+1/t18-,19+,20+/m0/s1. The SMILES string of the molecule is O=c1cccc2n1C[C@H]1C[C@@H]2C[NH+](C[C@@H](O)Cn2c3ccccc3c3ccccc32)C1. The minimum absolute atomic E-state index is 0.127. The number of aromatic nitrogens is 2. The number of hydrogen-bond acceptors (Lipinski definition) is 2. The van der Waals surface area contributed by atoms with Gasteiger partial charge in [0.2, 0.25) is 0 Å². The molecule has 5 heteroatoms. The largest absolute Gasteiger partial charge is 0.385 e. The van der Waals surface area contributed by atoms with Crippen LogP contribution in [-0.2, 0) is 13.1 Å². The summed E-state index contributed by atoms with van der Waals surface area (Å²) in [5, 5.41) is 13.6. The molecule has 0 amide bonds.